The minimum absolute atomic E-state index is 0.0170. The molecule has 0 aromatic heterocycles. The summed E-state index contributed by atoms with van der Waals surface area (Å²) in [5, 5.41) is -1.65. The second-order valence-corrected chi connectivity index (χ2v) is 7.41. The van der Waals surface area contributed by atoms with Gasteiger partial charge in [-0.2, -0.15) is 0 Å². The van der Waals surface area contributed by atoms with E-state index in [4.69, 9.17) is 0 Å². The fraction of sp³-hybridized carbons (Fsp3) is 0. The molecule has 0 saturated carbocycles. The summed E-state index contributed by atoms with van der Waals surface area (Å²) < 4.78 is 102. The van der Waals surface area contributed by atoms with Crippen LogP contribution < -0.4 is 0 Å². The third-order valence-electron chi connectivity index (χ3n) is 5.57. The van der Waals surface area contributed by atoms with Gasteiger partial charge in [-0.05, 0) is 34.7 Å². The predicted molar refractivity (Wildman–Crippen MR) is 112 cm³/mol. The number of benzene rings is 5. The fourth-order valence-corrected chi connectivity index (χ4v) is 4.19. The van der Waals surface area contributed by atoms with Crippen molar-refractivity contribution in [3.8, 4) is 22.3 Å². The van der Waals surface area contributed by atoms with Crippen LogP contribution in [0.25, 0.3) is 43.8 Å². The predicted octanol–water partition coefficient (Wildman–Crippen LogP) is 8.30. The molecule has 5 aromatic rings. The van der Waals surface area contributed by atoms with Crippen LogP contribution in [0.5, 0.6) is 0 Å². The monoisotopic (exact) mass is 456 g/mol. The molecular weight excluding hydrogens is 445 g/mol. The topological polar surface area (TPSA) is 0 Å². The molecule has 0 N–H and O–H groups in total. The minimum Gasteiger partial charge on any atom is -0.206 e. The number of halogens is 7. The van der Waals surface area contributed by atoms with E-state index in [1.807, 2.05) is 0 Å². The molecule has 0 spiro atoms. The zero-order chi connectivity index (χ0) is 23.4. The van der Waals surface area contributed by atoms with Crippen molar-refractivity contribution >= 4 is 21.5 Å². The molecule has 7 heteroatoms. The molecule has 0 amide bonds. The van der Waals surface area contributed by atoms with E-state index in [1.54, 1.807) is 18.2 Å². The maximum atomic E-state index is 15.2. The molecule has 164 valence electrons. The standard InChI is InChI=1S/C26H11F7/c27-15-10-9-13(11-17(15)29)18-14-7-4-8-16(28)20(14)19(12-5-2-1-3-6-12)22-21(18)23(30)25(32)26(33)24(22)31/h1-11H. The third kappa shape index (κ3) is 3.07. The molecule has 0 heterocycles. The van der Waals surface area contributed by atoms with Gasteiger partial charge in [0.2, 0.25) is 0 Å². The number of rotatable bonds is 2. The SMILES string of the molecule is Fc1ccc(-c2c3cccc(F)c3c(-c3ccccc3)c3c(F)c(F)c(F)c(F)c23)cc1F. The van der Waals surface area contributed by atoms with Gasteiger partial charge in [-0.3, -0.25) is 0 Å². The van der Waals surface area contributed by atoms with Crippen LogP contribution in [0.4, 0.5) is 30.7 Å². The van der Waals surface area contributed by atoms with Gasteiger partial charge in [-0.15, -0.1) is 0 Å². The van der Waals surface area contributed by atoms with E-state index in [0.717, 1.165) is 18.2 Å². The fourth-order valence-electron chi connectivity index (χ4n) is 4.19. The highest BCUT2D eigenvalue weighted by molar-refractivity contribution is 6.21. The van der Waals surface area contributed by atoms with E-state index in [2.05, 4.69) is 0 Å². The average Bonchev–Trinajstić information content (AvgIpc) is 2.82. The highest BCUT2D eigenvalue weighted by Crippen LogP contribution is 2.47. The van der Waals surface area contributed by atoms with Gasteiger partial charge in [-0.1, -0.05) is 48.5 Å². The summed E-state index contributed by atoms with van der Waals surface area (Å²) in [5.74, 6) is -10.9. The summed E-state index contributed by atoms with van der Waals surface area (Å²) >= 11 is 0. The Morgan fingerprint density at radius 2 is 1.03 bits per heavy atom. The minimum atomic E-state index is -2.07. The van der Waals surface area contributed by atoms with Crippen LogP contribution in [0.2, 0.25) is 0 Å². The Hall–Kier alpha value is -3.87. The van der Waals surface area contributed by atoms with Crippen molar-refractivity contribution < 1.29 is 30.7 Å². The van der Waals surface area contributed by atoms with Crippen LogP contribution in [0, 0.1) is 40.7 Å². The molecule has 0 aliphatic carbocycles. The second-order valence-electron chi connectivity index (χ2n) is 7.41. The molecule has 0 fully saturated rings. The van der Waals surface area contributed by atoms with Crippen molar-refractivity contribution in [2.75, 3.05) is 0 Å². The molecular formula is C26H11F7. The maximum absolute atomic E-state index is 15.2. The first-order valence-electron chi connectivity index (χ1n) is 9.72. The summed E-state index contributed by atoms with van der Waals surface area (Å²) in [4.78, 5) is 0. The Morgan fingerprint density at radius 1 is 0.394 bits per heavy atom. The maximum Gasteiger partial charge on any atom is 0.198 e. The Labute approximate surface area is 182 Å². The molecule has 0 saturated heterocycles. The van der Waals surface area contributed by atoms with Gasteiger partial charge < -0.3 is 0 Å². The van der Waals surface area contributed by atoms with E-state index >= 15 is 13.2 Å². The molecule has 33 heavy (non-hydrogen) atoms. The molecule has 5 rings (SSSR count). The lowest BCUT2D eigenvalue weighted by Crippen LogP contribution is -2.03. The van der Waals surface area contributed by atoms with Crippen molar-refractivity contribution in [2.45, 2.75) is 0 Å². The van der Waals surface area contributed by atoms with Crippen LogP contribution in [0.15, 0.2) is 66.7 Å². The van der Waals surface area contributed by atoms with Gasteiger partial charge in [0.25, 0.3) is 0 Å². The van der Waals surface area contributed by atoms with Crippen molar-refractivity contribution in [3.63, 3.8) is 0 Å². The number of hydrogen-bond donors (Lipinski definition) is 0. The van der Waals surface area contributed by atoms with Crippen molar-refractivity contribution in [1.82, 2.24) is 0 Å². The summed E-state index contributed by atoms with van der Waals surface area (Å²) in [7, 11) is 0. The molecule has 0 aliphatic heterocycles. The lowest BCUT2D eigenvalue weighted by molar-refractivity contribution is 0.418. The van der Waals surface area contributed by atoms with E-state index in [-0.39, 0.29) is 33.0 Å². The molecule has 0 atom stereocenters. The van der Waals surface area contributed by atoms with Gasteiger partial charge >= 0.3 is 0 Å². The van der Waals surface area contributed by atoms with Gasteiger partial charge in [0, 0.05) is 27.3 Å². The number of fused-ring (bicyclic) bond motifs is 2. The van der Waals surface area contributed by atoms with E-state index in [0.29, 0.717) is 6.07 Å². The molecule has 0 radical (unpaired) electrons. The Balaban J connectivity index is 2.15. The largest absolute Gasteiger partial charge is 0.206 e. The smallest absolute Gasteiger partial charge is 0.198 e. The highest BCUT2D eigenvalue weighted by Gasteiger charge is 2.29. The van der Waals surface area contributed by atoms with E-state index in [1.165, 1.54) is 24.3 Å². The van der Waals surface area contributed by atoms with Crippen LogP contribution >= 0.6 is 0 Å². The van der Waals surface area contributed by atoms with Crippen molar-refractivity contribution in [3.05, 3.63) is 107 Å². The van der Waals surface area contributed by atoms with Crippen LogP contribution in [-0.2, 0) is 0 Å². The van der Waals surface area contributed by atoms with Gasteiger partial charge in [-0.25, -0.2) is 30.7 Å². The molecule has 0 nitrogen and oxygen atoms in total. The van der Waals surface area contributed by atoms with Crippen LogP contribution in [0.1, 0.15) is 0 Å². The van der Waals surface area contributed by atoms with Crippen LogP contribution in [0.3, 0.4) is 0 Å². The Morgan fingerprint density at radius 3 is 1.67 bits per heavy atom. The summed E-state index contributed by atoms with van der Waals surface area (Å²) in [6, 6.07) is 14.0. The molecule has 5 aromatic carbocycles. The quantitative estimate of drug-likeness (QED) is 0.108. The number of hydrogen-bond acceptors (Lipinski definition) is 0. The van der Waals surface area contributed by atoms with Gasteiger partial charge in [0.1, 0.15) is 5.82 Å². The molecule has 0 unspecified atom stereocenters. The van der Waals surface area contributed by atoms with E-state index < -0.39 is 51.5 Å². The highest BCUT2D eigenvalue weighted by atomic mass is 19.2. The molecule has 0 aliphatic rings. The van der Waals surface area contributed by atoms with Gasteiger partial charge in [0.05, 0.1) is 0 Å². The van der Waals surface area contributed by atoms with E-state index in [9.17, 15) is 17.6 Å². The third-order valence-corrected chi connectivity index (χ3v) is 5.57. The first-order chi connectivity index (χ1) is 15.8. The summed E-state index contributed by atoms with van der Waals surface area (Å²) in [5.41, 5.74) is -0.439. The normalized spacial score (nSPS) is 11.5. The zero-order valence-electron chi connectivity index (χ0n) is 16.5. The lowest BCUT2D eigenvalue weighted by Gasteiger charge is -2.19. The Bertz CT molecular complexity index is 1570. The first kappa shape index (κ1) is 21.0. The summed E-state index contributed by atoms with van der Waals surface area (Å²) in [6.45, 7) is 0. The average molecular weight is 456 g/mol. The first-order valence-corrected chi connectivity index (χ1v) is 9.72. The summed E-state index contributed by atoms with van der Waals surface area (Å²) in [6.07, 6.45) is 0. The lowest BCUT2D eigenvalue weighted by atomic mass is 9.85. The van der Waals surface area contributed by atoms with Crippen molar-refractivity contribution in [2.24, 2.45) is 0 Å². The van der Waals surface area contributed by atoms with Crippen LogP contribution in [-0.4, -0.2) is 0 Å². The van der Waals surface area contributed by atoms with Gasteiger partial charge in [0.15, 0.2) is 34.9 Å². The molecule has 0 bridgehead atoms. The Kier molecular flexibility index (Phi) is 4.85. The second kappa shape index (κ2) is 7.62. The zero-order valence-corrected chi connectivity index (χ0v) is 16.5. The van der Waals surface area contributed by atoms with Crippen molar-refractivity contribution in [1.29, 1.82) is 0 Å².